The third kappa shape index (κ3) is 4.53. The van der Waals surface area contributed by atoms with Gasteiger partial charge in [-0.3, -0.25) is 0 Å². The maximum Gasteiger partial charge on any atom is 0.343 e. The lowest BCUT2D eigenvalue weighted by atomic mass is 9.90. The van der Waals surface area contributed by atoms with Crippen molar-refractivity contribution in [3.63, 3.8) is 0 Å². The van der Waals surface area contributed by atoms with Crippen LogP contribution in [0.4, 0.5) is 11.6 Å². The predicted octanol–water partition coefficient (Wildman–Crippen LogP) is 5.68. The van der Waals surface area contributed by atoms with E-state index in [0.29, 0.717) is 17.5 Å². The molecule has 6 rings (SSSR count). The Balaban J connectivity index is 1.33. The summed E-state index contributed by atoms with van der Waals surface area (Å²) < 4.78 is 6.84. The molecule has 0 saturated carbocycles. The summed E-state index contributed by atoms with van der Waals surface area (Å²) in [6, 6.07) is 22.0. The third-order valence-corrected chi connectivity index (χ3v) is 6.62. The van der Waals surface area contributed by atoms with E-state index >= 15 is 0 Å². The molecular weight excluding hydrogens is 464 g/mol. The zero-order valence-electron chi connectivity index (χ0n) is 20.5. The van der Waals surface area contributed by atoms with E-state index in [2.05, 4.69) is 38.8 Å². The number of fused-ring (bicyclic) bond motifs is 2. The van der Waals surface area contributed by atoms with Gasteiger partial charge < -0.3 is 10.1 Å². The van der Waals surface area contributed by atoms with Crippen molar-refractivity contribution in [1.29, 1.82) is 0 Å². The minimum atomic E-state index is -0.476. The number of ether oxygens (including phenoxy) is 1. The Morgan fingerprint density at radius 1 is 0.973 bits per heavy atom. The van der Waals surface area contributed by atoms with Crippen LogP contribution in [-0.2, 0) is 17.6 Å². The summed E-state index contributed by atoms with van der Waals surface area (Å²) >= 11 is 0. The minimum absolute atomic E-state index is 0.257. The molecule has 184 valence electrons. The normalized spacial score (nSPS) is 12.8. The lowest BCUT2D eigenvalue weighted by Crippen LogP contribution is -2.11. The molecule has 1 aliphatic carbocycles. The maximum absolute atomic E-state index is 12.7. The minimum Gasteiger partial charge on any atom is -0.462 e. The Hall–Kier alpha value is -4.59. The second kappa shape index (κ2) is 9.81. The summed E-state index contributed by atoms with van der Waals surface area (Å²) in [5, 5.41) is 17.5. The van der Waals surface area contributed by atoms with Crippen LogP contribution in [0.2, 0.25) is 0 Å². The molecule has 0 aliphatic heterocycles. The van der Waals surface area contributed by atoms with Gasteiger partial charge in [-0.2, -0.15) is 9.78 Å². The number of carbonyl (C=O) groups is 1. The molecule has 0 saturated heterocycles. The van der Waals surface area contributed by atoms with Crippen molar-refractivity contribution < 1.29 is 9.53 Å². The highest BCUT2D eigenvalue weighted by molar-refractivity contribution is 5.95. The smallest absolute Gasteiger partial charge is 0.343 e. The van der Waals surface area contributed by atoms with E-state index in [-0.39, 0.29) is 12.2 Å². The fourth-order valence-electron chi connectivity index (χ4n) is 4.74. The van der Waals surface area contributed by atoms with Crippen LogP contribution >= 0.6 is 0 Å². The Labute approximate surface area is 214 Å². The topological polar surface area (TPSA) is 94.8 Å². The standard InChI is InChI=1S/C29H26N6O2/c1-2-37-29(36)23-18-30-35(27-16-13-20-8-5-6-10-24(20)31-27)28(23)32-26-15-14-25(33-34-26)22-12-11-19-7-3-4-9-21(19)17-22/h5-6,8,10-18H,2-4,7,9H2,1H3,(H,32,34). The molecule has 0 amide bonds. The Morgan fingerprint density at radius 2 is 1.84 bits per heavy atom. The molecule has 0 radical (unpaired) electrons. The number of anilines is 2. The number of aryl methyl sites for hydroxylation is 2. The number of esters is 1. The van der Waals surface area contributed by atoms with E-state index in [4.69, 9.17) is 9.72 Å². The van der Waals surface area contributed by atoms with E-state index in [0.717, 1.165) is 35.0 Å². The van der Waals surface area contributed by atoms with Gasteiger partial charge in [0.1, 0.15) is 5.56 Å². The first-order valence-electron chi connectivity index (χ1n) is 12.5. The van der Waals surface area contributed by atoms with Gasteiger partial charge in [0.25, 0.3) is 0 Å². The van der Waals surface area contributed by atoms with Crippen molar-refractivity contribution in [3.05, 3.63) is 89.6 Å². The first-order chi connectivity index (χ1) is 18.2. The molecule has 3 heterocycles. The zero-order chi connectivity index (χ0) is 25.2. The number of hydrogen-bond donors (Lipinski definition) is 1. The lowest BCUT2D eigenvalue weighted by Gasteiger charge is -2.16. The van der Waals surface area contributed by atoms with Gasteiger partial charge in [0.05, 0.1) is 24.0 Å². The second-order valence-electron chi connectivity index (χ2n) is 9.02. The van der Waals surface area contributed by atoms with Gasteiger partial charge in [0.15, 0.2) is 17.5 Å². The number of aromatic nitrogens is 5. The number of pyridine rings is 1. The highest BCUT2D eigenvalue weighted by Crippen LogP contribution is 2.28. The SMILES string of the molecule is CCOC(=O)c1cnn(-c2ccc3ccccc3n2)c1Nc1ccc(-c2ccc3c(c2)CCCC3)nn1. The van der Waals surface area contributed by atoms with E-state index in [1.807, 2.05) is 48.5 Å². The average molecular weight is 491 g/mol. The van der Waals surface area contributed by atoms with E-state index in [1.54, 1.807) is 11.6 Å². The van der Waals surface area contributed by atoms with Gasteiger partial charge in [-0.1, -0.05) is 30.3 Å². The van der Waals surface area contributed by atoms with Crippen molar-refractivity contribution in [2.24, 2.45) is 0 Å². The summed E-state index contributed by atoms with van der Waals surface area (Å²) in [6.07, 6.45) is 6.22. The van der Waals surface area contributed by atoms with Crippen molar-refractivity contribution in [2.45, 2.75) is 32.6 Å². The van der Waals surface area contributed by atoms with Crippen molar-refractivity contribution in [1.82, 2.24) is 25.0 Å². The van der Waals surface area contributed by atoms with Gasteiger partial charge in [-0.05, 0) is 80.1 Å². The molecular formula is C29H26N6O2. The number of benzene rings is 2. The maximum atomic E-state index is 12.7. The molecule has 8 nitrogen and oxygen atoms in total. The first-order valence-corrected chi connectivity index (χ1v) is 12.5. The number of carbonyl (C=O) groups excluding carboxylic acids is 1. The van der Waals surface area contributed by atoms with Gasteiger partial charge in [0.2, 0.25) is 0 Å². The van der Waals surface area contributed by atoms with Gasteiger partial charge in [-0.25, -0.2) is 9.78 Å². The molecule has 0 spiro atoms. The third-order valence-electron chi connectivity index (χ3n) is 6.62. The quantitative estimate of drug-likeness (QED) is 0.306. The Kier molecular flexibility index (Phi) is 6.06. The molecule has 1 aliphatic rings. The first kappa shape index (κ1) is 22.8. The fourth-order valence-corrected chi connectivity index (χ4v) is 4.74. The van der Waals surface area contributed by atoms with Crippen molar-refractivity contribution in [2.75, 3.05) is 11.9 Å². The van der Waals surface area contributed by atoms with E-state index < -0.39 is 5.97 Å². The summed E-state index contributed by atoms with van der Waals surface area (Å²) in [5.41, 5.74) is 5.80. The van der Waals surface area contributed by atoms with Crippen LogP contribution in [0.3, 0.4) is 0 Å². The van der Waals surface area contributed by atoms with Crippen LogP contribution in [0.15, 0.2) is 72.9 Å². The van der Waals surface area contributed by atoms with Gasteiger partial charge >= 0.3 is 5.97 Å². The van der Waals surface area contributed by atoms with Crippen molar-refractivity contribution in [3.8, 4) is 17.1 Å². The van der Waals surface area contributed by atoms with Crippen LogP contribution in [0, 0.1) is 0 Å². The largest absolute Gasteiger partial charge is 0.462 e. The van der Waals surface area contributed by atoms with Crippen molar-refractivity contribution >= 4 is 28.5 Å². The second-order valence-corrected chi connectivity index (χ2v) is 9.02. The Morgan fingerprint density at radius 3 is 2.68 bits per heavy atom. The lowest BCUT2D eigenvalue weighted by molar-refractivity contribution is 0.0527. The van der Waals surface area contributed by atoms with E-state index in [9.17, 15) is 4.79 Å². The molecule has 0 unspecified atom stereocenters. The number of rotatable bonds is 6. The number of para-hydroxylation sites is 1. The molecule has 0 bridgehead atoms. The van der Waals surface area contributed by atoms with Crippen LogP contribution < -0.4 is 5.32 Å². The molecule has 1 N–H and O–H groups in total. The Bertz CT molecular complexity index is 1590. The molecule has 0 atom stereocenters. The molecule has 37 heavy (non-hydrogen) atoms. The summed E-state index contributed by atoms with van der Waals surface area (Å²) in [7, 11) is 0. The highest BCUT2D eigenvalue weighted by Gasteiger charge is 2.21. The summed E-state index contributed by atoms with van der Waals surface area (Å²) in [4.78, 5) is 17.4. The molecule has 3 aromatic heterocycles. The van der Waals surface area contributed by atoms with Crippen LogP contribution in [-0.4, -0.2) is 37.5 Å². The van der Waals surface area contributed by atoms with Gasteiger partial charge in [0, 0.05) is 10.9 Å². The molecule has 0 fully saturated rings. The summed E-state index contributed by atoms with van der Waals surface area (Å²) in [6.45, 7) is 2.03. The fraction of sp³-hybridized carbons (Fsp3) is 0.207. The monoisotopic (exact) mass is 490 g/mol. The zero-order valence-corrected chi connectivity index (χ0v) is 20.5. The van der Waals surface area contributed by atoms with Crippen LogP contribution in [0.25, 0.3) is 28.0 Å². The van der Waals surface area contributed by atoms with Crippen LogP contribution in [0.5, 0.6) is 0 Å². The predicted molar refractivity (Wildman–Crippen MR) is 142 cm³/mol. The summed E-state index contributed by atoms with van der Waals surface area (Å²) in [5.74, 6) is 0.984. The molecule has 2 aromatic carbocycles. The van der Waals surface area contributed by atoms with Crippen LogP contribution in [0.1, 0.15) is 41.3 Å². The number of hydrogen-bond acceptors (Lipinski definition) is 7. The molecule has 8 heteroatoms. The van der Waals surface area contributed by atoms with E-state index in [1.165, 1.54) is 30.2 Å². The van der Waals surface area contributed by atoms with Gasteiger partial charge in [-0.15, -0.1) is 10.2 Å². The average Bonchev–Trinajstić information content (AvgIpc) is 3.36. The highest BCUT2D eigenvalue weighted by atomic mass is 16.5. The number of nitrogens with zero attached hydrogens (tertiary/aromatic N) is 5. The molecule has 5 aromatic rings. The number of nitrogens with one attached hydrogen (secondary N) is 1.